The monoisotopic (exact) mass is 484 g/mol. The molecule has 11 nitrogen and oxygen atoms in total. The average Bonchev–Trinajstić information content (AvgIpc) is 3.26. The van der Waals surface area contributed by atoms with E-state index in [4.69, 9.17) is 4.74 Å². The normalized spacial score (nSPS) is 11.2. The zero-order valence-corrected chi connectivity index (χ0v) is 19.2. The number of nitrogens with one attached hydrogen (secondary N) is 2. The van der Waals surface area contributed by atoms with E-state index in [-0.39, 0.29) is 23.7 Å². The molecule has 0 atom stereocenters. The number of carbonyl (C=O) groups excluding carboxylic acids is 2. The number of benzene rings is 1. The Morgan fingerprint density at radius 1 is 1.22 bits per heavy atom. The zero-order valence-electron chi connectivity index (χ0n) is 17.6. The minimum Gasteiger partial charge on any atom is -0.477 e. The van der Waals surface area contributed by atoms with Crippen molar-refractivity contribution in [2.24, 2.45) is 0 Å². The van der Waals surface area contributed by atoms with Gasteiger partial charge in [0.1, 0.15) is 0 Å². The molecule has 0 aliphatic heterocycles. The van der Waals surface area contributed by atoms with E-state index in [1.165, 1.54) is 6.07 Å². The highest BCUT2D eigenvalue weighted by atomic mass is 32.2. The summed E-state index contributed by atoms with van der Waals surface area (Å²) < 4.78 is 31.5. The van der Waals surface area contributed by atoms with E-state index in [9.17, 15) is 28.1 Å². The van der Waals surface area contributed by atoms with Gasteiger partial charge in [-0.15, -0.1) is 11.3 Å². The second-order valence-corrected chi connectivity index (χ2v) is 9.37. The van der Waals surface area contributed by atoms with Gasteiger partial charge in [-0.2, -0.15) is 4.31 Å². The summed E-state index contributed by atoms with van der Waals surface area (Å²) in [5, 5.41) is 17.9. The molecule has 0 saturated heterocycles. The van der Waals surface area contributed by atoms with Crippen LogP contribution in [0, 0.1) is 10.1 Å². The lowest BCUT2D eigenvalue weighted by Gasteiger charge is -2.18. The smallest absolute Gasteiger partial charge is 0.321 e. The molecule has 32 heavy (non-hydrogen) atoms. The van der Waals surface area contributed by atoms with Crippen LogP contribution >= 0.6 is 11.3 Å². The van der Waals surface area contributed by atoms with Gasteiger partial charge in [-0.1, -0.05) is 19.9 Å². The summed E-state index contributed by atoms with van der Waals surface area (Å²) >= 11 is 1.55. The summed E-state index contributed by atoms with van der Waals surface area (Å²) in [5.41, 5.74) is -0.605. The Labute approximate surface area is 189 Å². The number of hydrogen-bond donors (Lipinski definition) is 2. The van der Waals surface area contributed by atoms with Gasteiger partial charge in [0.05, 0.1) is 9.82 Å². The Morgan fingerprint density at radius 2 is 1.94 bits per heavy atom. The second kappa shape index (κ2) is 11.5. The number of carbonyl (C=O) groups is 2. The van der Waals surface area contributed by atoms with Crippen molar-refractivity contribution in [1.82, 2.24) is 14.9 Å². The maximum Gasteiger partial charge on any atom is 0.321 e. The zero-order chi connectivity index (χ0) is 23.7. The molecule has 1 aromatic heterocycles. The summed E-state index contributed by atoms with van der Waals surface area (Å²) in [7, 11) is -3.90. The molecule has 13 heteroatoms. The van der Waals surface area contributed by atoms with E-state index in [2.05, 4.69) is 10.6 Å². The number of amides is 3. The van der Waals surface area contributed by atoms with Gasteiger partial charge < -0.3 is 10.1 Å². The van der Waals surface area contributed by atoms with E-state index >= 15 is 0 Å². The van der Waals surface area contributed by atoms with Gasteiger partial charge in [0.15, 0.2) is 12.4 Å². The van der Waals surface area contributed by atoms with Crippen molar-refractivity contribution in [2.45, 2.75) is 25.2 Å². The van der Waals surface area contributed by atoms with E-state index in [1.54, 1.807) is 25.2 Å². The van der Waals surface area contributed by atoms with E-state index in [0.717, 1.165) is 21.3 Å². The number of imide groups is 1. The highest BCUT2D eigenvalue weighted by Crippen LogP contribution is 2.30. The number of ether oxygens (including phenoxy) is 1. The molecule has 0 radical (unpaired) electrons. The Hall–Kier alpha value is -3.03. The van der Waals surface area contributed by atoms with Crippen molar-refractivity contribution >= 4 is 39.0 Å². The number of rotatable bonds is 11. The third-order valence-corrected chi connectivity index (χ3v) is 7.30. The van der Waals surface area contributed by atoms with Crippen LogP contribution in [0.1, 0.15) is 18.7 Å². The largest absolute Gasteiger partial charge is 0.477 e. The minimum absolute atomic E-state index is 0.209. The summed E-state index contributed by atoms with van der Waals surface area (Å²) in [6, 6.07) is 6.28. The van der Waals surface area contributed by atoms with Crippen LogP contribution in [0.2, 0.25) is 0 Å². The Morgan fingerprint density at radius 3 is 2.53 bits per heavy atom. The lowest BCUT2D eigenvalue weighted by molar-refractivity contribution is -0.386. The number of nitro groups is 1. The van der Waals surface area contributed by atoms with Gasteiger partial charge in [0.25, 0.3) is 5.91 Å². The fraction of sp³-hybridized carbons (Fsp3) is 0.368. The fourth-order valence-corrected chi connectivity index (χ4v) is 4.93. The SMILES string of the molecule is CCN(CC)S(=O)(=O)c1ccc(OCC(=O)NC(=O)NCCc2cccs2)c([N+](=O)[O-])c1. The summed E-state index contributed by atoms with van der Waals surface area (Å²) in [4.78, 5) is 35.1. The van der Waals surface area contributed by atoms with Crippen molar-refractivity contribution in [3.8, 4) is 5.75 Å². The molecule has 174 valence electrons. The van der Waals surface area contributed by atoms with Gasteiger partial charge in [0.2, 0.25) is 10.0 Å². The molecule has 0 saturated carbocycles. The fourth-order valence-electron chi connectivity index (χ4n) is 2.74. The van der Waals surface area contributed by atoms with E-state index in [1.807, 2.05) is 17.5 Å². The molecule has 2 N–H and O–H groups in total. The first-order valence-electron chi connectivity index (χ1n) is 9.70. The maximum absolute atomic E-state index is 12.6. The van der Waals surface area contributed by atoms with Gasteiger partial charge in [-0.05, 0) is 30.0 Å². The second-order valence-electron chi connectivity index (χ2n) is 6.40. The molecular formula is C19H24N4O7S2. The summed E-state index contributed by atoms with van der Waals surface area (Å²) in [5.74, 6) is -1.10. The minimum atomic E-state index is -3.90. The van der Waals surface area contributed by atoms with Crippen LogP contribution in [-0.4, -0.2) is 55.8 Å². The van der Waals surface area contributed by atoms with Crippen molar-refractivity contribution in [3.63, 3.8) is 0 Å². The van der Waals surface area contributed by atoms with Crippen LogP contribution in [0.5, 0.6) is 5.75 Å². The van der Waals surface area contributed by atoms with Crippen LogP contribution < -0.4 is 15.4 Å². The topological polar surface area (TPSA) is 148 Å². The summed E-state index contributed by atoms with van der Waals surface area (Å²) in [6.07, 6.45) is 0.616. The molecule has 3 amide bonds. The third kappa shape index (κ3) is 6.73. The molecule has 1 aromatic carbocycles. The van der Waals surface area contributed by atoms with Crippen molar-refractivity contribution in [3.05, 3.63) is 50.7 Å². The van der Waals surface area contributed by atoms with Crippen molar-refractivity contribution in [2.75, 3.05) is 26.2 Å². The highest BCUT2D eigenvalue weighted by Gasteiger charge is 2.26. The molecule has 0 fully saturated rings. The Kier molecular flexibility index (Phi) is 9.11. The van der Waals surface area contributed by atoms with Gasteiger partial charge in [-0.3, -0.25) is 20.2 Å². The number of urea groups is 1. The van der Waals surface area contributed by atoms with E-state index in [0.29, 0.717) is 13.0 Å². The summed E-state index contributed by atoms with van der Waals surface area (Å²) in [6.45, 7) is 3.39. The van der Waals surface area contributed by atoms with Gasteiger partial charge >= 0.3 is 11.7 Å². The predicted molar refractivity (Wildman–Crippen MR) is 118 cm³/mol. The van der Waals surface area contributed by atoms with E-state index < -0.39 is 39.2 Å². The first kappa shape index (κ1) is 25.2. The molecule has 0 aliphatic rings. The number of sulfonamides is 1. The molecular weight excluding hydrogens is 460 g/mol. The van der Waals surface area contributed by atoms with Gasteiger partial charge in [-0.25, -0.2) is 13.2 Å². The quantitative estimate of drug-likeness (QED) is 0.367. The van der Waals surface area contributed by atoms with Crippen LogP contribution in [0.15, 0.2) is 40.6 Å². The molecule has 1 heterocycles. The van der Waals surface area contributed by atoms with Crippen LogP contribution in [0.4, 0.5) is 10.5 Å². The van der Waals surface area contributed by atoms with Crippen molar-refractivity contribution in [1.29, 1.82) is 0 Å². The number of nitrogens with zero attached hydrogens (tertiary/aromatic N) is 2. The highest BCUT2D eigenvalue weighted by molar-refractivity contribution is 7.89. The predicted octanol–water partition coefficient (Wildman–Crippen LogP) is 2.13. The maximum atomic E-state index is 12.6. The molecule has 2 aromatic rings. The lowest BCUT2D eigenvalue weighted by atomic mass is 10.3. The molecule has 0 unspecified atom stereocenters. The third-order valence-electron chi connectivity index (χ3n) is 4.32. The first-order valence-corrected chi connectivity index (χ1v) is 12.0. The number of nitro benzene ring substituents is 1. The molecule has 0 spiro atoms. The molecule has 0 bridgehead atoms. The molecule has 2 rings (SSSR count). The lowest BCUT2D eigenvalue weighted by Crippen LogP contribution is -2.42. The Balaban J connectivity index is 1.97. The van der Waals surface area contributed by atoms with Crippen LogP contribution in [-0.2, 0) is 21.2 Å². The standard InChI is InChI=1S/C19H24N4O7S2/c1-3-22(4-2)32(28,29)15-7-8-17(16(12-15)23(26)27)30-13-18(24)21-19(25)20-10-9-14-6-5-11-31-14/h5-8,11-12H,3-4,9-10,13H2,1-2H3,(H2,20,21,24,25). The number of thiophene rings is 1. The number of hydrogen-bond acceptors (Lipinski definition) is 8. The van der Waals surface area contributed by atoms with Gasteiger partial charge in [0, 0.05) is 30.6 Å². The van der Waals surface area contributed by atoms with Crippen LogP contribution in [0.25, 0.3) is 0 Å². The average molecular weight is 485 g/mol. The van der Waals surface area contributed by atoms with Crippen LogP contribution in [0.3, 0.4) is 0 Å². The van der Waals surface area contributed by atoms with Crippen molar-refractivity contribution < 1.29 is 27.7 Å². The first-order chi connectivity index (χ1) is 15.2. The Bertz CT molecular complexity index is 1050. The molecule has 0 aliphatic carbocycles.